The van der Waals surface area contributed by atoms with E-state index in [4.69, 9.17) is 19.6 Å². The molecule has 1 amide bonds. The normalized spacial score (nSPS) is 21.2. The number of nitrogens with two attached hydrogens (primary N) is 1. The van der Waals surface area contributed by atoms with Gasteiger partial charge in [-0.3, -0.25) is 14.2 Å². The zero-order valence-corrected chi connectivity index (χ0v) is 22.9. The molecule has 0 radical (unpaired) electrons. The maximum absolute atomic E-state index is 13.5. The Morgan fingerprint density at radius 2 is 1.67 bits per heavy atom. The molecule has 0 aromatic carbocycles. The smallest absolute Gasteiger partial charge is 0.262 e. The molecule has 4 aliphatic rings. The van der Waals surface area contributed by atoms with Crippen molar-refractivity contribution >= 4 is 21.8 Å². The van der Waals surface area contributed by atoms with Crippen molar-refractivity contribution in [1.82, 2.24) is 14.5 Å². The number of hydrogen-bond acceptors (Lipinski definition) is 7. The summed E-state index contributed by atoms with van der Waals surface area (Å²) in [6.45, 7) is 2.91. The quantitative estimate of drug-likeness (QED) is 0.553. The van der Waals surface area contributed by atoms with Crippen LogP contribution in [-0.2, 0) is 32.4 Å². The van der Waals surface area contributed by atoms with E-state index in [2.05, 4.69) is 0 Å². The maximum Gasteiger partial charge on any atom is 0.262 e. The second-order valence-corrected chi connectivity index (χ2v) is 13.3. The topological polar surface area (TPSA) is 134 Å². The molecule has 39 heavy (non-hydrogen) atoms. The van der Waals surface area contributed by atoms with Gasteiger partial charge in [-0.2, -0.15) is 0 Å². The highest BCUT2D eigenvalue weighted by molar-refractivity contribution is 7.89. The molecule has 2 aromatic heterocycles. The van der Waals surface area contributed by atoms with E-state index in [-0.39, 0.29) is 17.7 Å². The van der Waals surface area contributed by atoms with E-state index < -0.39 is 15.3 Å². The number of piperidine rings is 1. The van der Waals surface area contributed by atoms with Crippen molar-refractivity contribution < 1.29 is 27.5 Å². The maximum atomic E-state index is 13.5. The minimum atomic E-state index is -3.57. The summed E-state index contributed by atoms with van der Waals surface area (Å²) in [7, 11) is -3.57. The predicted molar refractivity (Wildman–Crippen MR) is 143 cm³/mol. The van der Waals surface area contributed by atoms with E-state index in [1.54, 1.807) is 15.5 Å². The number of amides is 1. The Morgan fingerprint density at radius 3 is 2.28 bits per heavy atom. The van der Waals surface area contributed by atoms with Gasteiger partial charge in [0.2, 0.25) is 21.8 Å². The second kappa shape index (κ2) is 10.7. The van der Waals surface area contributed by atoms with Gasteiger partial charge >= 0.3 is 0 Å². The fourth-order valence-electron chi connectivity index (χ4n) is 6.04. The third-order valence-corrected chi connectivity index (χ3v) is 10.0. The van der Waals surface area contributed by atoms with Crippen molar-refractivity contribution in [3.05, 3.63) is 46.9 Å². The number of ether oxygens (including phenoxy) is 2. The summed E-state index contributed by atoms with van der Waals surface area (Å²) in [6, 6.07) is 3.64. The van der Waals surface area contributed by atoms with Crippen LogP contribution in [0.1, 0.15) is 71.6 Å². The van der Waals surface area contributed by atoms with Gasteiger partial charge in [0.25, 0.3) is 5.91 Å². The minimum absolute atomic E-state index is 0.0477. The lowest BCUT2D eigenvalue weighted by Crippen LogP contribution is -2.46. The van der Waals surface area contributed by atoms with E-state index in [1.165, 1.54) is 0 Å². The molecule has 0 atom stereocenters. The van der Waals surface area contributed by atoms with Gasteiger partial charge in [-0.05, 0) is 74.5 Å². The van der Waals surface area contributed by atoms with Crippen molar-refractivity contribution in [2.45, 2.75) is 62.5 Å². The number of aromatic nitrogens is 2. The Labute approximate surface area is 228 Å². The van der Waals surface area contributed by atoms with Crippen LogP contribution in [0.2, 0.25) is 0 Å². The number of fused-ring (bicyclic) bond motifs is 1. The molecule has 2 aliphatic carbocycles. The van der Waals surface area contributed by atoms with Gasteiger partial charge in [-0.25, -0.2) is 18.5 Å². The first kappa shape index (κ1) is 26.5. The molecule has 3 fully saturated rings. The first-order valence-corrected chi connectivity index (χ1v) is 15.6. The lowest BCUT2D eigenvalue weighted by atomic mass is 10.0. The Bertz CT molecular complexity index is 1330. The van der Waals surface area contributed by atoms with Crippen LogP contribution in [-0.4, -0.2) is 72.8 Å². The Balaban J connectivity index is 1.10. The molecule has 2 saturated heterocycles. The van der Waals surface area contributed by atoms with E-state index >= 15 is 0 Å². The van der Waals surface area contributed by atoms with Crippen LogP contribution in [0.3, 0.4) is 0 Å². The van der Waals surface area contributed by atoms with E-state index in [0.717, 1.165) is 55.7 Å². The van der Waals surface area contributed by atoms with Gasteiger partial charge in [-0.15, -0.1) is 0 Å². The highest BCUT2D eigenvalue weighted by Crippen LogP contribution is 2.40. The molecule has 4 heterocycles. The first-order chi connectivity index (χ1) is 18.7. The summed E-state index contributed by atoms with van der Waals surface area (Å²) >= 11 is 0. The summed E-state index contributed by atoms with van der Waals surface area (Å²) in [5.41, 5.74) is 3.49. The number of hydrogen-bond donors (Lipinski definition) is 1. The first-order valence-electron chi connectivity index (χ1n) is 14.0. The minimum Gasteiger partial charge on any atom is -0.477 e. The number of primary sulfonamides is 1. The van der Waals surface area contributed by atoms with Gasteiger partial charge in [0.15, 0.2) is 0 Å². The largest absolute Gasteiger partial charge is 0.477 e. The van der Waals surface area contributed by atoms with E-state index in [9.17, 15) is 18.0 Å². The lowest BCUT2D eigenvalue weighted by Gasteiger charge is -2.32. The van der Waals surface area contributed by atoms with Gasteiger partial charge in [0, 0.05) is 67.9 Å². The number of likely N-dealkylation sites (tertiary alicyclic amines) is 1. The number of rotatable bonds is 7. The summed E-state index contributed by atoms with van der Waals surface area (Å²) in [5.74, 6) is 1.07. The molecule has 1 saturated carbocycles. The molecular formula is C28H36N4O6S. The molecule has 210 valence electrons. The van der Waals surface area contributed by atoms with Crippen molar-refractivity contribution in [2.24, 2.45) is 17.0 Å². The molecule has 6 rings (SSSR count). The molecule has 11 heteroatoms. The van der Waals surface area contributed by atoms with Crippen LogP contribution < -0.4 is 9.88 Å². The van der Waals surface area contributed by atoms with Gasteiger partial charge < -0.3 is 14.4 Å². The van der Waals surface area contributed by atoms with Crippen molar-refractivity contribution in [3.63, 3.8) is 0 Å². The van der Waals surface area contributed by atoms with Crippen LogP contribution in [0.5, 0.6) is 5.88 Å². The van der Waals surface area contributed by atoms with Crippen molar-refractivity contribution in [3.8, 4) is 5.88 Å². The third kappa shape index (κ3) is 5.90. The number of pyridine rings is 1. The SMILES string of the molecule is NS(=O)(=O)C1CCN(C(=O)C2Cc3cn(C(=O)c4cc(OCC5CCOCC5)nc(C5CC5)c4)cc3C2)CC1. The van der Waals surface area contributed by atoms with Gasteiger partial charge in [0.1, 0.15) is 0 Å². The fourth-order valence-corrected chi connectivity index (χ4v) is 6.91. The molecule has 2 N–H and O–H groups in total. The van der Waals surface area contributed by atoms with Gasteiger partial charge in [-0.1, -0.05) is 0 Å². The Kier molecular flexibility index (Phi) is 7.24. The molecule has 0 bridgehead atoms. The Hall–Kier alpha value is -2.76. The number of nitrogens with zero attached hydrogens (tertiary/aromatic N) is 3. The molecule has 10 nitrogen and oxygen atoms in total. The summed E-state index contributed by atoms with van der Waals surface area (Å²) in [6.07, 6.45) is 9.70. The second-order valence-electron chi connectivity index (χ2n) is 11.5. The average molecular weight is 557 g/mol. The number of carbonyl (C=O) groups is 2. The standard InChI is InChI=1S/C28H36N4O6S/c29-39(35,36)24-3-7-31(8-4-24)27(33)20-11-22-15-32(16-23(22)12-20)28(34)21-13-25(19-1-2-19)30-26(14-21)38-17-18-5-9-37-10-6-18/h13-16,18-20,24H,1-12,17H2,(H2,29,35,36). The zero-order valence-electron chi connectivity index (χ0n) is 22.1. The van der Waals surface area contributed by atoms with Crippen LogP contribution in [0.15, 0.2) is 24.5 Å². The summed E-state index contributed by atoms with van der Waals surface area (Å²) in [4.78, 5) is 33.1. The molecular weight excluding hydrogens is 520 g/mol. The van der Waals surface area contributed by atoms with E-state index in [1.807, 2.05) is 18.5 Å². The molecule has 0 spiro atoms. The van der Waals surface area contributed by atoms with E-state index in [0.29, 0.717) is 68.7 Å². The van der Waals surface area contributed by atoms with Crippen LogP contribution in [0.4, 0.5) is 0 Å². The summed E-state index contributed by atoms with van der Waals surface area (Å²) in [5, 5.41) is 4.71. The monoisotopic (exact) mass is 556 g/mol. The van der Waals surface area contributed by atoms with Crippen molar-refractivity contribution in [2.75, 3.05) is 32.9 Å². The van der Waals surface area contributed by atoms with Crippen LogP contribution >= 0.6 is 0 Å². The molecule has 0 unspecified atom stereocenters. The zero-order chi connectivity index (χ0) is 27.1. The highest BCUT2D eigenvalue weighted by Gasteiger charge is 2.36. The highest BCUT2D eigenvalue weighted by atomic mass is 32.2. The molecule has 2 aliphatic heterocycles. The third-order valence-electron chi connectivity index (χ3n) is 8.61. The van der Waals surface area contributed by atoms with Crippen molar-refractivity contribution in [1.29, 1.82) is 0 Å². The Morgan fingerprint density at radius 1 is 1.00 bits per heavy atom. The number of carbonyl (C=O) groups excluding carboxylic acids is 2. The summed E-state index contributed by atoms with van der Waals surface area (Å²) < 4.78 is 36.4. The fraction of sp³-hybridized carbons (Fsp3) is 0.607. The predicted octanol–water partition coefficient (Wildman–Crippen LogP) is 2.25. The van der Waals surface area contributed by atoms with Gasteiger partial charge in [0.05, 0.1) is 11.9 Å². The van der Waals surface area contributed by atoms with Crippen LogP contribution in [0.25, 0.3) is 0 Å². The lowest BCUT2D eigenvalue weighted by molar-refractivity contribution is -0.136. The van der Waals surface area contributed by atoms with Crippen LogP contribution in [0, 0.1) is 11.8 Å². The molecule has 2 aromatic rings. The number of sulfonamides is 1. The average Bonchev–Trinajstić information content (AvgIpc) is 3.61.